The molecule has 1 aliphatic rings. The molecular formula is C19H17ClN2O3. The summed E-state index contributed by atoms with van der Waals surface area (Å²) in [7, 11) is 0. The number of amides is 1. The van der Waals surface area contributed by atoms with Crippen LogP contribution in [0.15, 0.2) is 53.1 Å². The van der Waals surface area contributed by atoms with Crippen molar-refractivity contribution in [2.24, 2.45) is 5.10 Å². The van der Waals surface area contributed by atoms with Crippen molar-refractivity contribution in [2.75, 3.05) is 11.6 Å². The molecule has 1 amide bonds. The van der Waals surface area contributed by atoms with Gasteiger partial charge in [0.05, 0.1) is 23.6 Å². The molecule has 6 heteroatoms. The highest BCUT2D eigenvalue weighted by Gasteiger charge is 2.28. The summed E-state index contributed by atoms with van der Waals surface area (Å²) in [6.07, 6.45) is 1.74. The Kier molecular flexibility index (Phi) is 4.76. The van der Waals surface area contributed by atoms with E-state index < -0.39 is 0 Å². The van der Waals surface area contributed by atoms with Gasteiger partial charge in [-0.1, -0.05) is 17.7 Å². The second kappa shape index (κ2) is 6.99. The van der Waals surface area contributed by atoms with Gasteiger partial charge in [0.2, 0.25) is 0 Å². The first-order valence-corrected chi connectivity index (χ1v) is 8.20. The Morgan fingerprint density at radius 2 is 1.96 bits per heavy atom. The number of carbonyl (C=O) groups is 1. The highest BCUT2D eigenvalue weighted by atomic mass is 35.5. The number of benzene rings is 2. The molecular weight excluding hydrogens is 340 g/mol. The van der Waals surface area contributed by atoms with E-state index in [4.69, 9.17) is 16.3 Å². The van der Waals surface area contributed by atoms with Crippen LogP contribution in [0.3, 0.4) is 0 Å². The number of hydrazone groups is 1. The summed E-state index contributed by atoms with van der Waals surface area (Å²) in [5.74, 6) is 0.229. The van der Waals surface area contributed by atoms with Gasteiger partial charge in [-0.15, -0.1) is 0 Å². The van der Waals surface area contributed by atoms with E-state index in [0.29, 0.717) is 34.4 Å². The van der Waals surface area contributed by atoms with E-state index in [2.05, 4.69) is 5.10 Å². The maximum atomic E-state index is 12.7. The highest BCUT2D eigenvalue weighted by Crippen LogP contribution is 2.30. The van der Waals surface area contributed by atoms with Crippen molar-refractivity contribution in [3.05, 3.63) is 58.6 Å². The molecule has 0 aliphatic carbocycles. The molecule has 0 spiro atoms. The van der Waals surface area contributed by atoms with E-state index in [1.54, 1.807) is 55.5 Å². The third kappa shape index (κ3) is 3.51. The largest absolute Gasteiger partial charge is 0.504 e. The van der Waals surface area contributed by atoms with E-state index in [1.807, 2.05) is 6.92 Å². The SMILES string of the molecule is CCOc1cc(C=C2C(=O)N(c3ccc(Cl)cc3)N=C2C)ccc1O. The monoisotopic (exact) mass is 356 g/mol. The Morgan fingerprint density at radius 1 is 1.24 bits per heavy atom. The molecule has 1 aliphatic heterocycles. The van der Waals surface area contributed by atoms with Crippen molar-refractivity contribution in [3.8, 4) is 11.5 Å². The van der Waals surface area contributed by atoms with Crippen LogP contribution in [-0.4, -0.2) is 23.3 Å². The molecule has 2 aromatic rings. The average Bonchev–Trinajstić information content (AvgIpc) is 2.87. The third-order valence-electron chi connectivity index (χ3n) is 3.73. The number of hydrogen-bond donors (Lipinski definition) is 1. The summed E-state index contributed by atoms with van der Waals surface area (Å²) < 4.78 is 5.38. The summed E-state index contributed by atoms with van der Waals surface area (Å²) >= 11 is 5.89. The van der Waals surface area contributed by atoms with Gasteiger partial charge in [-0.05, 0) is 61.9 Å². The Morgan fingerprint density at radius 3 is 2.64 bits per heavy atom. The molecule has 0 bridgehead atoms. The molecule has 25 heavy (non-hydrogen) atoms. The lowest BCUT2D eigenvalue weighted by Gasteiger charge is -2.11. The number of rotatable bonds is 4. The molecule has 0 saturated heterocycles. The second-order valence-corrected chi connectivity index (χ2v) is 5.93. The van der Waals surface area contributed by atoms with Crippen LogP contribution < -0.4 is 9.75 Å². The van der Waals surface area contributed by atoms with Crippen molar-refractivity contribution >= 4 is 35.0 Å². The topological polar surface area (TPSA) is 62.1 Å². The number of nitrogens with zero attached hydrogens (tertiary/aromatic N) is 2. The molecule has 0 radical (unpaired) electrons. The zero-order chi connectivity index (χ0) is 18.0. The van der Waals surface area contributed by atoms with Gasteiger partial charge in [-0.3, -0.25) is 4.79 Å². The number of phenolic OH excluding ortho intramolecular Hbond substituents is 1. The van der Waals surface area contributed by atoms with Crippen LogP contribution in [0, 0.1) is 0 Å². The zero-order valence-corrected chi connectivity index (χ0v) is 14.6. The lowest BCUT2D eigenvalue weighted by Crippen LogP contribution is -2.21. The van der Waals surface area contributed by atoms with Gasteiger partial charge in [-0.25, -0.2) is 0 Å². The summed E-state index contributed by atoms with van der Waals surface area (Å²) in [5, 5.41) is 16.1. The molecule has 3 rings (SSSR count). The fraction of sp³-hybridized carbons (Fsp3) is 0.158. The summed E-state index contributed by atoms with van der Waals surface area (Å²) in [6.45, 7) is 4.06. The van der Waals surface area contributed by atoms with Crippen LogP contribution in [0.5, 0.6) is 11.5 Å². The van der Waals surface area contributed by atoms with Crippen molar-refractivity contribution in [2.45, 2.75) is 13.8 Å². The number of ether oxygens (including phenoxy) is 1. The first kappa shape index (κ1) is 17.0. The first-order valence-electron chi connectivity index (χ1n) is 7.82. The number of hydrogen-bond acceptors (Lipinski definition) is 4. The lowest BCUT2D eigenvalue weighted by atomic mass is 10.1. The standard InChI is InChI=1S/C19H17ClN2O3/c1-3-25-18-11-13(4-9-17(18)23)10-16-12(2)21-22(19(16)24)15-7-5-14(20)6-8-15/h4-11,23H,3H2,1-2H3. The minimum absolute atomic E-state index is 0.0647. The van der Waals surface area contributed by atoms with Crippen molar-refractivity contribution in [1.29, 1.82) is 0 Å². The van der Waals surface area contributed by atoms with Gasteiger partial charge in [-0.2, -0.15) is 10.1 Å². The minimum atomic E-state index is -0.217. The van der Waals surface area contributed by atoms with Gasteiger partial charge in [0, 0.05) is 5.02 Å². The predicted molar refractivity (Wildman–Crippen MR) is 99.3 cm³/mol. The molecule has 0 saturated carbocycles. The van der Waals surface area contributed by atoms with Crippen LogP contribution in [-0.2, 0) is 4.79 Å². The van der Waals surface area contributed by atoms with E-state index in [1.165, 1.54) is 5.01 Å². The zero-order valence-electron chi connectivity index (χ0n) is 13.9. The Labute approximate surface area is 150 Å². The molecule has 2 aromatic carbocycles. The summed E-state index contributed by atoms with van der Waals surface area (Å²) in [5.41, 5.74) is 2.50. The van der Waals surface area contributed by atoms with Gasteiger partial charge in [0.15, 0.2) is 11.5 Å². The van der Waals surface area contributed by atoms with Crippen LogP contribution >= 0.6 is 11.6 Å². The average molecular weight is 357 g/mol. The second-order valence-electron chi connectivity index (χ2n) is 5.50. The minimum Gasteiger partial charge on any atom is -0.504 e. The van der Waals surface area contributed by atoms with E-state index in [0.717, 1.165) is 5.56 Å². The number of aromatic hydroxyl groups is 1. The van der Waals surface area contributed by atoms with E-state index >= 15 is 0 Å². The normalized spacial score (nSPS) is 15.6. The van der Waals surface area contributed by atoms with Gasteiger partial charge in [0.1, 0.15) is 0 Å². The first-order chi connectivity index (χ1) is 12.0. The molecule has 128 valence electrons. The van der Waals surface area contributed by atoms with Crippen molar-refractivity contribution in [1.82, 2.24) is 0 Å². The Hall–Kier alpha value is -2.79. The van der Waals surface area contributed by atoms with Crippen LogP contribution in [0.25, 0.3) is 6.08 Å². The maximum Gasteiger partial charge on any atom is 0.280 e. The molecule has 0 fully saturated rings. The van der Waals surface area contributed by atoms with E-state index in [-0.39, 0.29) is 11.7 Å². The van der Waals surface area contributed by atoms with Gasteiger partial charge >= 0.3 is 0 Å². The number of phenols is 1. The number of carbonyl (C=O) groups excluding carboxylic acids is 1. The summed E-state index contributed by atoms with van der Waals surface area (Å²) in [4.78, 5) is 12.7. The van der Waals surface area contributed by atoms with Crippen LogP contribution in [0.4, 0.5) is 5.69 Å². The molecule has 1 heterocycles. The van der Waals surface area contributed by atoms with Crippen molar-refractivity contribution in [3.63, 3.8) is 0 Å². The third-order valence-corrected chi connectivity index (χ3v) is 3.98. The molecule has 0 atom stereocenters. The number of halogens is 1. The van der Waals surface area contributed by atoms with Crippen molar-refractivity contribution < 1.29 is 14.6 Å². The summed E-state index contributed by atoms with van der Waals surface area (Å²) in [6, 6.07) is 11.9. The van der Waals surface area contributed by atoms with Crippen LogP contribution in [0.1, 0.15) is 19.4 Å². The van der Waals surface area contributed by atoms with Gasteiger partial charge in [0.25, 0.3) is 5.91 Å². The lowest BCUT2D eigenvalue weighted by molar-refractivity contribution is -0.114. The fourth-order valence-electron chi connectivity index (χ4n) is 2.50. The molecule has 1 N–H and O–H groups in total. The quantitative estimate of drug-likeness (QED) is 0.833. The smallest absolute Gasteiger partial charge is 0.280 e. The van der Waals surface area contributed by atoms with Crippen LogP contribution in [0.2, 0.25) is 5.02 Å². The molecule has 0 aromatic heterocycles. The predicted octanol–water partition coefficient (Wildman–Crippen LogP) is 4.25. The highest BCUT2D eigenvalue weighted by molar-refractivity contribution is 6.32. The fourth-order valence-corrected chi connectivity index (χ4v) is 2.63. The molecule has 5 nitrogen and oxygen atoms in total. The Balaban J connectivity index is 1.92. The van der Waals surface area contributed by atoms with E-state index in [9.17, 15) is 9.90 Å². The van der Waals surface area contributed by atoms with Gasteiger partial charge < -0.3 is 9.84 Å². The Bertz CT molecular complexity index is 873. The molecule has 0 unspecified atom stereocenters. The maximum absolute atomic E-state index is 12.7. The number of anilines is 1.